The summed E-state index contributed by atoms with van der Waals surface area (Å²) < 4.78 is 14.8. The molecule has 0 bridgehead atoms. The van der Waals surface area contributed by atoms with Crippen molar-refractivity contribution in [3.63, 3.8) is 0 Å². The first-order valence-corrected chi connectivity index (χ1v) is 7.51. The van der Waals surface area contributed by atoms with Gasteiger partial charge in [-0.15, -0.1) is 0 Å². The number of nitrogens with one attached hydrogen (secondary N) is 1. The van der Waals surface area contributed by atoms with E-state index in [-0.39, 0.29) is 11.9 Å². The van der Waals surface area contributed by atoms with E-state index in [0.29, 0.717) is 10.0 Å². The van der Waals surface area contributed by atoms with Crippen LogP contribution in [-0.4, -0.2) is 11.5 Å². The normalized spacial score (nSPS) is 12.4. The Labute approximate surface area is 127 Å². The van der Waals surface area contributed by atoms with Crippen molar-refractivity contribution in [3.05, 3.63) is 63.6 Å². The van der Waals surface area contributed by atoms with E-state index in [1.807, 2.05) is 25.1 Å². The van der Waals surface area contributed by atoms with Gasteiger partial charge in [-0.25, -0.2) is 4.39 Å². The Morgan fingerprint density at radius 2 is 2.15 bits per heavy atom. The molecule has 20 heavy (non-hydrogen) atoms. The number of aryl methyl sites for hydroxylation is 1. The Balaban J connectivity index is 2.44. The number of nitrogens with zero attached hydrogens (tertiary/aromatic N) is 1. The number of rotatable bonds is 5. The molecule has 1 aromatic heterocycles. The smallest absolute Gasteiger partial charge is 0.142 e. The first kappa shape index (κ1) is 15.1. The van der Waals surface area contributed by atoms with Crippen LogP contribution in [0.1, 0.15) is 36.1 Å². The van der Waals surface area contributed by atoms with Crippen LogP contribution in [0.15, 0.2) is 41.1 Å². The monoisotopic (exact) mass is 336 g/mol. The number of aromatic nitrogens is 1. The molecule has 0 spiro atoms. The molecule has 106 valence electrons. The van der Waals surface area contributed by atoms with E-state index in [9.17, 15) is 4.39 Å². The second-order valence-electron chi connectivity index (χ2n) is 4.83. The van der Waals surface area contributed by atoms with Gasteiger partial charge in [0.2, 0.25) is 0 Å². The van der Waals surface area contributed by atoms with Gasteiger partial charge in [0.15, 0.2) is 0 Å². The van der Waals surface area contributed by atoms with Crippen molar-refractivity contribution < 1.29 is 4.39 Å². The van der Waals surface area contributed by atoms with Crippen molar-refractivity contribution in [2.45, 2.75) is 26.3 Å². The molecule has 0 amide bonds. The Hall–Kier alpha value is -1.26. The second-order valence-corrected chi connectivity index (χ2v) is 5.68. The molecule has 0 saturated carbocycles. The molecule has 0 saturated heterocycles. The van der Waals surface area contributed by atoms with Gasteiger partial charge in [-0.2, -0.15) is 0 Å². The predicted molar refractivity (Wildman–Crippen MR) is 83.2 cm³/mol. The van der Waals surface area contributed by atoms with Gasteiger partial charge in [-0.3, -0.25) is 4.98 Å². The summed E-state index contributed by atoms with van der Waals surface area (Å²) in [6.45, 7) is 4.91. The molecule has 1 unspecified atom stereocenters. The van der Waals surface area contributed by atoms with Crippen LogP contribution < -0.4 is 5.32 Å². The molecule has 0 fully saturated rings. The highest BCUT2D eigenvalue weighted by Gasteiger charge is 2.19. The van der Waals surface area contributed by atoms with Crippen molar-refractivity contribution in [3.8, 4) is 0 Å². The first-order chi connectivity index (χ1) is 9.63. The van der Waals surface area contributed by atoms with Crippen LogP contribution in [0.2, 0.25) is 0 Å². The van der Waals surface area contributed by atoms with Crippen molar-refractivity contribution in [1.29, 1.82) is 0 Å². The topological polar surface area (TPSA) is 24.9 Å². The summed E-state index contributed by atoms with van der Waals surface area (Å²) in [5.74, 6) is -0.220. The first-order valence-electron chi connectivity index (χ1n) is 6.72. The maximum absolute atomic E-state index is 14.4. The predicted octanol–water partition coefficient (Wildman–Crippen LogP) is 4.38. The van der Waals surface area contributed by atoms with Gasteiger partial charge in [0, 0.05) is 18.0 Å². The zero-order valence-corrected chi connectivity index (χ0v) is 13.2. The minimum atomic E-state index is -0.220. The second kappa shape index (κ2) is 6.95. The fourth-order valence-electron chi connectivity index (χ4n) is 2.18. The van der Waals surface area contributed by atoms with Crippen molar-refractivity contribution in [2.24, 2.45) is 0 Å². The van der Waals surface area contributed by atoms with Crippen LogP contribution in [0, 0.1) is 12.7 Å². The number of halogens is 2. The molecule has 0 aliphatic heterocycles. The molecular weight excluding hydrogens is 319 g/mol. The number of pyridine rings is 1. The Bertz CT molecular complexity index is 586. The highest BCUT2D eigenvalue weighted by atomic mass is 79.9. The van der Waals surface area contributed by atoms with Crippen LogP contribution in [-0.2, 0) is 0 Å². The molecule has 0 aliphatic rings. The lowest BCUT2D eigenvalue weighted by Crippen LogP contribution is -2.24. The lowest BCUT2D eigenvalue weighted by Gasteiger charge is -2.20. The minimum Gasteiger partial charge on any atom is -0.306 e. The summed E-state index contributed by atoms with van der Waals surface area (Å²) in [7, 11) is 0. The number of hydrogen-bond donors (Lipinski definition) is 1. The largest absolute Gasteiger partial charge is 0.306 e. The van der Waals surface area contributed by atoms with Gasteiger partial charge in [0.25, 0.3) is 0 Å². The third kappa shape index (κ3) is 3.44. The summed E-state index contributed by atoms with van der Waals surface area (Å²) in [5.41, 5.74) is 2.69. The van der Waals surface area contributed by atoms with Gasteiger partial charge >= 0.3 is 0 Å². The lowest BCUT2D eigenvalue weighted by molar-refractivity contribution is 0.542. The third-order valence-corrected chi connectivity index (χ3v) is 3.73. The Kier molecular flexibility index (Phi) is 5.26. The van der Waals surface area contributed by atoms with E-state index in [0.717, 1.165) is 24.1 Å². The van der Waals surface area contributed by atoms with Gasteiger partial charge in [-0.1, -0.05) is 25.1 Å². The van der Waals surface area contributed by atoms with Crippen LogP contribution in [0.3, 0.4) is 0 Å². The standard InChI is InChI=1S/C16H18BrFN2/c1-3-7-20-16(12-8-11(2)9-19-10-12)13-5-4-6-14(17)15(13)18/h4-6,8-10,16,20H,3,7H2,1-2H3. The zero-order valence-electron chi connectivity index (χ0n) is 11.7. The van der Waals surface area contributed by atoms with Crippen molar-refractivity contribution in [2.75, 3.05) is 6.54 Å². The quantitative estimate of drug-likeness (QED) is 0.876. The summed E-state index contributed by atoms with van der Waals surface area (Å²) in [6.07, 6.45) is 4.59. The molecule has 2 rings (SSSR count). The Morgan fingerprint density at radius 1 is 1.35 bits per heavy atom. The lowest BCUT2D eigenvalue weighted by atomic mass is 9.98. The van der Waals surface area contributed by atoms with Gasteiger partial charge in [0.05, 0.1) is 10.5 Å². The summed E-state index contributed by atoms with van der Waals surface area (Å²) >= 11 is 3.25. The van der Waals surface area contributed by atoms with Crippen LogP contribution in [0.5, 0.6) is 0 Å². The maximum atomic E-state index is 14.4. The fraction of sp³-hybridized carbons (Fsp3) is 0.312. The average Bonchev–Trinajstić information content (AvgIpc) is 2.44. The fourth-order valence-corrected chi connectivity index (χ4v) is 2.56. The number of hydrogen-bond acceptors (Lipinski definition) is 2. The van der Waals surface area contributed by atoms with E-state index in [2.05, 4.69) is 33.2 Å². The molecule has 1 heterocycles. The molecule has 2 nitrogen and oxygen atoms in total. The molecule has 1 N–H and O–H groups in total. The van der Waals surface area contributed by atoms with E-state index in [1.54, 1.807) is 18.5 Å². The molecule has 1 aromatic carbocycles. The molecule has 1 atom stereocenters. The number of benzene rings is 1. The summed E-state index contributed by atoms with van der Waals surface area (Å²) in [4.78, 5) is 4.22. The van der Waals surface area contributed by atoms with Crippen LogP contribution in [0.4, 0.5) is 4.39 Å². The van der Waals surface area contributed by atoms with Crippen LogP contribution in [0.25, 0.3) is 0 Å². The van der Waals surface area contributed by atoms with E-state index in [1.165, 1.54) is 0 Å². The molecular formula is C16H18BrFN2. The average molecular weight is 337 g/mol. The minimum absolute atomic E-state index is 0.181. The maximum Gasteiger partial charge on any atom is 0.142 e. The summed E-state index contributed by atoms with van der Waals surface area (Å²) in [5, 5.41) is 3.40. The van der Waals surface area contributed by atoms with E-state index in [4.69, 9.17) is 0 Å². The molecule has 2 aromatic rings. The van der Waals surface area contributed by atoms with Crippen molar-refractivity contribution in [1.82, 2.24) is 10.3 Å². The summed E-state index contributed by atoms with van der Waals surface area (Å²) in [6, 6.07) is 7.24. The molecule has 0 aliphatic carbocycles. The van der Waals surface area contributed by atoms with E-state index < -0.39 is 0 Å². The molecule has 0 radical (unpaired) electrons. The van der Waals surface area contributed by atoms with Crippen molar-refractivity contribution >= 4 is 15.9 Å². The van der Waals surface area contributed by atoms with Gasteiger partial charge in [0.1, 0.15) is 5.82 Å². The zero-order chi connectivity index (χ0) is 14.5. The Morgan fingerprint density at radius 3 is 2.85 bits per heavy atom. The molecule has 4 heteroatoms. The van der Waals surface area contributed by atoms with Gasteiger partial charge in [-0.05, 0) is 53.0 Å². The highest BCUT2D eigenvalue weighted by molar-refractivity contribution is 9.10. The third-order valence-electron chi connectivity index (χ3n) is 3.12. The van der Waals surface area contributed by atoms with Crippen LogP contribution >= 0.6 is 15.9 Å². The van der Waals surface area contributed by atoms with Gasteiger partial charge < -0.3 is 5.32 Å². The van der Waals surface area contributed by atoms with E-state index >= 15 is 0 Å². The highest BCUT2D eigenvalue weighted by Crippen LogP contribution is 2.28. The SMILES string of the molecule is CCCNC(c1cncc(C)c1)c1cccc(Br)c1F.